The molecule has 4 nitrogen and oxygen atoms in total. The average molecular weight is 276 g/mol. The molecular formula is C13H26ClN3O. The maximum atomic E-state index is 11.7. The van der Waals surface area contributed by atoms with E-state index in [1.165, 1.54) is 12.8 Å². The van der Waals surface area contributed by atoms with Crippen LogP contribution in [0.4, 0.5) is 0 Å². The molecule has 2 N–H and O–H groups in total. The van der Waals surface area contributed by atoms with Crippen LogP contribution in [-0.4, -0.2) is 50.1 Å². The summed E-state index contributed by atoms with van der Waals surface area (Å²) in [6.07, 6.45) is 3.56. The van der Waals surface area contributed by atoms with Crippen molar-refractivity contribution in [2.45, 2.75) is 26.2 Å². The Bertz CT molecular complexity index is 253. The molecule has 0 bridgehead atoms. The van der Waals surface area contributed by atoms with E-state index < -0.39 is 0 Å². The number of rotatable bonds is 6. The third-order valence-corrected chi connectivity index (χ3v) is 3.90. The van der Waals surface area contributed by atoms with E-state index in [-0.39, 0.29) is 24.2 Å². The highest BCUT2D eigenvalue weighted by Gasteiger charge is 2.32. The van der Waals surface area contributed by atoms with Crippen LogP contribution in [-0.2, 0) is 4.79 Å². The standard InChI is InChI=1S/C13H25N3O.ClH/c1-11(12-3-4-12)13(17)15-5-2-8-16-9-6-14-7-10-16;/h11-12,14H,2-10H2,1H3,(H,15,17);1H. The molecule has 1 heterocycles. The molecule has 0 aromatic rings. The number of halogens is 1. The Balaban J connectivity index is 0.00000162. The molecule has 1 saturated carbocycles. The van der Waals surface area contributed by atoms with Crippen molar-refractivity contribution < 1.29 is 4.79 Å². The summed E-state index contributed by atoms with van der Waals surface area (Å²) in [6, 6.07) is 0. The van der Waals surface area contributed by atoms with Gasteiger partial charge in [0.25, 0.3) is 0 Å². The van der Waals surface area contributed by atoms with Gasteiger partial charge < -0.3 is 15.5 Å². The average Bonchev–Trinajstić information content (AvgIpc) is 3.19. The van der Waals surface area contributed by atoms with E-state index in [1.807, 2.05) is 0 Å². The lowest BCUT2D eigenvalue weighted by Gasteiger charge is -2.27. The first-order valence-electron chi connectivity index (χ1n) is 6.98. The Morgan fingerprint density at radius 3 is 2.67 bits per heavy atom. The van der Waals surface area contributed by atoms with Crippen LogP contribution in [0.25, 0.3) is 0 Å². The third kappa shape index (κ3) is 5.12. The minimum absolute atomic E-state index is 0. The van der Waals surface area contributed by atoms with Crippen molar-refractivity contribution in [2.24, 2.45) is 11.8 Å². The van der Waals surface area contributed by atoms with Gasteiger partial charge in [-0.25, -0.2) is 0 Å². The Morgan fingerprint density at radius 1 is 1.39 bits per heavy atom. The van der Waals surface area contributed by atoms with E-state index >= 15 is 0 Å². The van der Waals surface area contributed by atoms with Crippen molar-refractivity contribution in [3.63, 3.8) is 0 Å². The van der Waals surface area contributed by atoms with Gasteiger partial charge in [-0.1, -0.05) is 6.92 Å². The molecule has 1 unspecified atom stereocenters. The molecule has 0 aromatic heterocycles. The Hall–Kier alpha value is -0.320. The molecule has 0 aromatic carbocycles. The van der Waals surface area contributed by atoms with Gasteiger partial charge in [0, 0.05) is 38.6 Å². The second-order valence-electron chi connectivity index (χ2n) is 5.36. The summed E-state index contributed by atoms with van der Waals surface area (Å²) in [5.41, 5.74) is 0. The molecular weight excluding hydrogens is 250 g/mol. The van der Waals surface area contributed by atoms with Gasteiger partial charge >= 0.3 is 0 Å². The van der Waals surface area contributed by atoms with E-state index in [0.717, 1.165) is 45.7 Å². The van der Waals surface area contributed by atoms with Gasteiger partial charge in [-0.2, -0.15) is 0 Å². The maximum Gasteiger partial charge on any atom is 0.223 e. The quantitative estimate of drug-likeness (QED) is 0.707. The van der Waals surface area contributed by atoms with Gasteiger partial charge in [-0.15, -0.1) is 12.4 Å². The number of amides is 1. The van der Waals surface area contributed by atoms with Crippen molar-refractivity contribution in [2.75, 3.05) is 39.3 Å². The molecule has 18 heavy (non-hydrogen) atoms. The van der Waals surface area contributed by atoms with Crippen LogP contribution < -0.4 is 10.6 Å². The van der Waals surface area contributed by atoms with E-state index in [2.05, 4.69) is 22.5 Å². The summed E-state index contributed by atoms with van der Waals surface area (Å²) in [5, 5.41) is 6.41. The van der Waals surface area contributed by atoms with Crippen LogP contribution in [0.5, 0.6) is 0 Å². The van der Waals surface area contributed by atoms with Crippen LogP contribution in [0.3, 0.4) is 0 Å². The first-order chi connectivity index (χ1) is 8.27. The van der Waals surface area contributed by atoms with Crippen molar-refractivity contribution in [3.05, 3.63) is 0 Å². The lowest BCUT2D eigenvalue weighted by atomic mass is 10.1. The van der Waals surface area contributed by atoms with Gasteiger partial charge in [-0.05, 0) is 31.7 Å². The number of hydrogen-bond acceptors (Lipinski definition) is 3. The predicted molar refractivity (Wildman–Crippen MR) is 76.1 cm³/mol. The lowest BCUT2D eigenvalue weighted by Crippen LogP contribution is -2.44. The highest BCUT2D eigenvalue weighted by molar-refractivity contribution is 5.85. The first kappa shape index (κ1) is 15.7. The minimum atomic E-state index is 0. The summed E-state index contributed by atoms with van der Waals surface area (Å²) in [7, 11) is 0. The molecule has 1 aliphatic heterocycles. The maximum absolute atomic E-state index is 11.7. The number of carbonyl (C=O) groups excluding carboxylic acids is 1. The van der Waals surface area contributed by atoms with Gasteiger partial charge in [0.2, 0.25) is 5.91 Å². The molecule has 106 valence electrons. The fourth-order valence-corrected chi connectivity index (χ4v) is 2.42. The van der Waals surface area contributed by atoms with Gasteiger partial charge in [-0.3, -0.25) is 4.79 Å². The smallest absolute Gasteiger partial charge is 0.223 e. The molecule has 1 amide bonds. The highest BCUT2D eigenvalue weighted by atomic mass is 35.5. The van der Waals surface area contributed by atoms with Crippen molar-refractivity contribution in [1.29, 1.82) is 0 Å². The van der Waals surface area contributed by atoms with Crippen LogP contribution >= 0.6 is 12.4 Å². The zero-order valence-electron chi connectivity index (χ0n) is 11.3. The SMILES string of the molecule is CC(C(=O)NCCCN1CCNCC1)C1CC1.Cl. The number of nitrogens with zero attached hydrogens (tertiary/aromatic N) is 1. The summed E-state index contributed by atoms with van der Waals surface area (Å²) < 4.78 is 0. The zero-order valence-corrected chi connectivity index (χ0v) is 12.1. The van der Waals surface area contributed by atoms with Gasteiger partial charge in [0.15, 0.2) is 0 Å². The fourth-order valence-electron chi connectivity index (χ4n) is 2.42. The topological polar surface area (TPSA) is 44.4 Å². The Labute approximate surface area is 116 Å². The Morgan fingerprint density at radius 2 is 2.06 bits per heavy atom. The molecule has 0 radical (unpaired) electrons. The first-order valence-corrected chi connectivity index (χ1v) is 6.98. The number of piperazine rings is 1. The predicted octanol–water partition coefficient (Wildman–Crippen LogP) is 0.866. The van der Waals surface area contributed by atoms with Crippen molar-refractivity contribution >= 4 is 18.3 Å². The summed E-state index contributed by atoms with van der Waals surface area (Å²) in [5.74, 6) is 1.16. The molecule has 5 heteroatoms. The highest BCUT2D eigenvalue weighted by Crippen LogP contribution is 2.36. The fraction of sp³-hybridized carbons (Fsp3) is 0.923. The Kier molecular flexibility index (Phi) is 6.97. The van der Waals surface area contributed by atoms with E-state index in [1.54, 1.807) is 0 Å². The monoisotopic (exact) mass is 275 g/mol. The van der Waals surface area contributed by atoms with Crippen LogP contribution in [0.15, 0.2) is 0 Å². The lowest BCUT2D eigenvalue weighted by molar-refractivity contribution is -0.125. The van der Waals surface area contributed by atoms with Crippen molar-refractivity contribution in [1.82, 2.24) is 15.5 Å². The largest absolute Gasteiger partial charge is 0.356 e. The summed E-state index contributed by atoms with van der Waals surface area (Å²) >= 11 is 0. The number of carbonyl (C=O) groups is 1. The zero-order chi connectivity index (χ0) is 12.1. The molecule has 0 spiro atoms. The minimum Gasteiger partial charge on any atom is -0.356 e. The normalized spacial score (nSPS) is 22.1. The summed E-state index contributed by atoms with van der Waals surface area (Å²) in [4.78, 5) is 14.2. The second kappa shape index (κ2) is 7.97. The van der Waals surface area contributed by atoms with Crippen LogP contribution in [0.1, 0.15) is 26.2 Å². The number of nitrogens with one attached hydrogen (secondary N) is 2. The molecule has 1 atom stereocenters. The third-order valence-electron chi connectivity index (χ3n) is 3.90. The van der Waals surface area contributed by atoms with E-state index in [9.17, 15) is 4.79 Å². The van der Waals surface area contributed by atoms with E-state index in [0.29, 0.717) is 5.92 Å². The summed E-state index contributed by atoms with van der Waals surface area (Å²) in [6.45, 7) is 8.50. The van der Waals surface area contributed by atoms with E-state index in [4.69, 9.17) is 0 Å². The van der Waals surface area contributed by atoms with Gasteiger partial charge in [0.1, 0.15) is 0 Å². The molecule has 1 saturated heterocycles. The molecule has 1 aliphatic carbocycles. The van der Waals surface area contributed by atoms with Crippen LogP contribution in [0, 0.1) is 11.8 Å². The second-order valence-corrected chi connectivity index (χ2v) is 5.36. The molecule has 2 aliphatic rings. The van der Waals surface area contributed by atoms with Crippen LogP contribution in [0.2, 0.25) is 0 Å². The van der Waals surface area contributed by atoms with Gasteiger partial charge in [0.05, 0.1) is 0 Å². The molecule has 2 fully saturated rings. The van der Waals surface area contributed by atoms with Crippen molar-refractivity contribution in [3.8, 4) is 0 Å². The molecule has 2 rings (SSSR count). The number of hydrogen-bond donors (Lipinski definition) is 2.